The second kappa shape index (κ2) is 9.80. The molecule has 2 heterocycles. The van der Waals surface area contributed by atoms with Crippen molar-refractivity contribution in [2.24, 2.45) is 0 Å². The minimum atomic E-state index is -0.275. The Morgan fingerprint density at radius 3 is 2.48 bits per heavy atom. The van der Waals surface area contributed by atoms with E-state index in [1.807, 2.05) is 4.90 Å². The van der Waals surface area contributed by atoms with Gasteiger partial charge in [0.1, 0.15) is 0 Å². The first kappa shape index (κ1) is 19.0. The van der Waals surface area contributed by atoms with E-state index in [0.717, 1.165) is 19.3 Å². The second-order valence-electron chi connectivity index (χ2n) is 5.91. The molecule has 0 aliphatic carbocycles. The average molecular weight is 349 g/mol. The number of hydrogen-bond donors (Lipinski definition) is 1. The maximum absolute atomic E-state index is 12.0. The van der Waals surface area contributed by atoms with Crippen molar-refractivity contribution in [2.75, 3.05) is 44.2 Å². The second-order valence-corrected chi connectivity index (χ2v) is 5.91. The molecule has 1 aromatic heterocycles. The number of anilines is 1. The molecule has 25 heavy (non-hydrogen) atoms. The number of aromatic nitrogens is 2. The van der Waals surface area contributed by atoms with Crippen molar-refractivity contribution in [1.29, 1.82) is 0 Å². The van der Waals surface area contributed by atoms with Gasteiger partial charge in [0.2, 0.25) is 0 Å². The summed E-state index contributed by atoms with van der Waals surface area (Å²) in [7, 11) is 0. The predicted octanol–water partition coefficient (Wildman–Crippen LogP) is 1.68. The van der Waals surface area contributed by atoms with E-state index in [-0.39, 0.29) is 12.0 Å². The highest BCUT2D eigenvalue weighted by Gasteiger charge is 2.23. The van der Waals surface area contributed by atoms with Crippen LogP contribution in [0.15, 0.2) is 12.1 Å². The summed E-state index contributed by atoms with van der Waals surface area (Å²) in [6.07, 6.45) is 2.91. The van der Waals surface area contributed by atoms with Crippen LogP contribution in [-0.4, -0.2) is 66.4 Å². The molecule has 0 bridgehead atoms. The van der Waals surface area contributed by atoms with Crippen LogP contribution in [0, 0.1) is 0 Å². The zero-order valence-corrected chi connectivity index (χ0v) is 15.0. The van der Waals surface area contributed by atoms with E-state index < -0.39 is 0 Å². The number of amides is 2. The number of piperazine rings is 1. The predicted molar refractivity (Wildman–Crippen MR) is 94.7 cm³/mol. The number of nitrogens with one attached hydrogen (secondary N) is 1. The highest BCUT2D eigenvalue weighted by molar-refractivity contribution is 5.92. The number of hydrogen-bond acceptors (Lipinski definition) is 6. The molecule has 138 valence electrons. The van der Waals surface area contributed by atoms with Crippen molar-refractivity contribution in [3.63, 3.8) is 0 Å². The molecule has 8 heteroatoms. The zero-order valence-electron chi connectivity index (χ0n) is 15.0. The lowest BCUT2D eigenvalue weighted by atomic mass is 10.2. The van der Waals surface area contributed by atoms with E-state index in [0.29, 0.717) is 50.8 Å². The summed E-state index contributed by atoms with van der Waals surface area (Å²) in [4.78, 5) is 27.4. The Kier molecular flexibility index (Phi) is 7.43. The highest BCUT2D eigenvalue weighted by Crippen LogP contribution is 2.13. The van der Waals surface area contributed by atoms with Crippen molar-refractivity contribution < 1.29 is 14.3 Å². The highest BCUT2D eigenvalue weighted by atomic mass is 16.6. The summed E-state index contributed by atoms with van der Waals surface area (Å²) in [5, 5.41) is 11.0. The van der Waals surface area contributed by atoms with E-state index in [9.17, 15) is 9.59 Å². The van der Waals surface area contributed by atoms with Gasteiger partial charge in [-0.15, -0.1) is 10.2 Å². The Labute approximate surface area is 148 Å². The standard InChI is InChI=1S/C17H27N5O3/c1-3-5-6-9-18-16(23)14-7-8-15(20-19-14)21-10-12-22(13-11-21)17(24)25-4-2/h7-8H,3-6,9-13H2,1-2H3,(H,18,23). The maximum Gasteiger partial charge on any atom is 0.409 e. The van der Waals surface area contributed by atoms with Crippen LogP contribution in [0.5, 0.6) is 0 Å². The molecular weight excluding hydrogens is 322 g/mol. The normalized spacial score (nSPS) is 14.3. The summed E-state index contributed by atoms with van der Waals surface area (Å²) in [5.74, 6) is 0.522. The summed E-state index contributed by atoms with van der Waals surface area (Å²) in [6, 6.07) is 3.49. The first-order chi connectivity index (χ1) is 12.2. The number of ether oxygens (including phenoxy) is 1. The van der Waals surface area contributed by atoms with Crippen LogP contribution in [0.4, 0.5) is 10.6 Å². The molecule has 1 fully saturated rings. The van der Waals surface area contributed by atoms with E-state index in [1.54, 1.807) is 24.0 Å². The summed E-state index contributed by atoms with van der Waals surface area (Å²) < 4.78 is 5.01. The third-order valence-electron chi connectivity index (χ3n) is 4.08. The van der Waals surface area contributed by atoms with E-state index in [4.69, 9.17) is 4.74 Å². The maximum atomic E-state index is 12.0. The summed E-state index contributed by atoms with van der Waals surface area (Å²) in [5.41, 5.74) is 0.324. The fourth-order valence-electron chi connectivity index (χ4n) is 2.62. The third kappa shape index (κ3) is 5.58. The molecule has 0 saturated carbocycles. The molecule has 0 atom stereocenters. The van der Waals surface area contributed by atoms with Crippen molar-refractivity contribution in [1.82, 2.24) is 20.4 Å². The molecule has 2 rings (SSSR count). The molecule has 1 aliphatic heterocycles. The Morgan fingerprint density at radius 1 is 1.12 bits per heavy atom. The van der Waals surface area contributed by atoms with Gasteiger partial charge in [0.15, 0.2) is 11.5 Å². The lowest BCUT2D eigenvalue weighted by Gasteiger charge is -2.34. The fraction of sp³-hybridized carbons (Fsp3) is 0.647. The van der Waals surface area contributed by atoms with Crippen molar-refractivity contribution in [3.8, 4) is 0 Å². The van der Waals surface area contributed by atoms with Crippen LogP contribution < -0.4 is 10.2 Å². The number of nitrogens with zero attached hydrogens (tertiary/aromatic N) is 4. The van der Waals surface area contributed by atoms with Crippen LogP contribution in [0.25, 0.3) is 0 Å². The van der Waals surface area contributed by atoms with Gasteiger partial charge in [-0.1, -0.05) is 19.8 Å². The molecule has 0 spiro atoms. The molecule has 0 aromatic carbocycles. The van der Waals surface area contributed by atoms with Crippen LogP contribution in [0.1, 0.15) is 43.6 Å². The first-order valence-corrected chi connectivity index (χ1v) is 8.94. The Morgan fingerprint density at radius 2 is 1.88 bits per heavy atom. The molecule has 1 aliphatic rings. The van der Waals surface area contributed by atoms with E-state index in [1.165, 1.54) is 0 Å². The number of rotatable bonds is 7. The first-order valence-electron chi connectivity index (χ1n) is 8.94. The van der Waals surface area contributed by atoms with E-state index >= 15 is 0 Å². The van der Waals surface area contributed by atoms with Crippen LogP contribution >= 0.6 is 0 Å². The summed E-state index contributed by atoms with van der Waals surface area (Å²) in [6.45, 7) is 7.45. The van der Waals surface area contributed by atoms with E-state index in [2.05, 4.69) is 22.4 Å². The molecule has 0 radical (unpaired) electrons. The largest absolute Gasteiger partial charge is 0.450 e. The molecule has 1 N–H and O–H groups in total. The van der Waals surface area contributed by atoms with Crippen LogP contribution in [0.3, 0.4) is 0 Å². The SMILES string of the molecule is CCCCCNC(=O)c1ccc(N2CCN(C(=O)OCC)CC2)nn1. The average Bonchev–Trinajstić information content (AvgIpc) is 2.65. The lowest BCUT2D eigenvalue weighted by Crippen LogP contribution is -2.49. The van der Waals surface area contributed by atoms with Gasteiger partial charge in [0.05, 0.1) is 6.61 Å². The van der Waals surface area contributed by atoms with Crippen LogP contribution in [0.2, 0.25) is 0 Å². The number of carbonyl (C=O) groups excluding carboxylic acids is 2. The van der Waals surface area contributed by atoms with Gasteiger partial charge >= 0.3 is 6.09 Å². The van der Waals surface area contributed by atoms with Crippen molar-refractivity contribution in [3.05, 3.63) is 17.8 Å². The van der Waals surface area contributed by atoms with Gasteiger partial charge in [0.25, 0.3) is 5.91 Å². The fourth-order valence-corrected chi connectivity index (χ4v) is 2.62. The van der Waals surface area contributed by atoms with Gasteiger partial charge in [-0.25, -0.2) is 4.79 Å². The van der Waals surface area contributed by atoms with Crippen molar-refractivity contribution >= 4 is 17.8 Å². The molecule has 0 unspecified atom stereocenters. The molecule has 2 amide bonds. The Bertz CT molecular complexity index is 556. The number of carbonyl (C=O) groups is 2. The van der Waals surface area contributed by atoms with Gasteiger partial charge in [-0.05, 0) is 25.5 Å². The van der Waals surface area contributed by atoms with Gasteiger partial charge in [0, 0.05) is 32.7 Å². The van der Waals surface area contributed by atoms with Gasteiger partial charge < -0.3 is 19.9 Å². The minimum absolute atomic E-state index is 0.192. The third-order valence-corrected chi connectivity index (χ3v) is 4.08. The van der Waals surface area contributed by atoms with Crippen LogP contribution in [-0.2, 0) is 4.74 Å². The molecule has 1 saturated heterocycles. The zero-order chi connectivity index (χ0) is 18.1. The topological polar surface area (TPSA) is 87.7 Å². The quantitative estimate of drug-likeness (QED) is 0.754. The molecular formula is C17H27N5O3. The van der Waals surface area contributed by atoms with Crippen molar-refractivity contribution in [2.45, 2.75) is 33.1 Å². The monoisotopic (exact) mass is 349 g/mol. The molecule has 8 nitrogen and oxygen atoms in total. The Balaban J connectivity index is 1.82. The smallest absolute Gasteiger partial charge is 0.409 e. The number of unbranched alkanes of at least 4 members (excludes halogenated alkanes) is 2. The summed E-state index contributed by atoms with van der Waals surface area (Å²) >= 11 is 0. The van der Waals surface area contributed by atoms with Gasteiger partial charge in [-0.3, -0.25) is 4.79 Å². The lowest BCUT2D eigenvalue weighted by molar-refractivity contribution is 0.0946. The van der Waals surface area contributed by atoms with Gasteiger partial charge in [-0.2, -0.15) is 0 Å². The Hall–Kier alpha value is -2.38. The minimum Gasteiger partial charge on any atom is -0.450 e. The molecule has 1 aromatic rings.